The van der Waals surface area contributed by atoms with Gasteiger partial charge in [0.15, 0.2) is 16.4 Å². The van der Waals surface area contributed by atoms with Crippen LogP contribution in [0.4, 0.5) is 0 Å². The molecule has 10 nitrogen and oxygen atoms in total. The molecule has 2 aliphatic heterocycles. The molecule has 2 aromatic carbocycles. The molecule has 1 saturated heterocycles. The van der Waals surface area contributed by atoms with Crippen LogP contribution >= 0.6 is 0 Å². The SMILES string of the molecule is Cc1ccc(O)c(-c2n[nH]c3c2C(c2ccc(OCC(N)=O)cc2)N(C2CCS(=O)(=O)C2)C3=O)c1. The van der Waals surface area contributed by atoms with E-state index in [1.54, 1.807) is 47.4 Å². The topological polar surface area (TPSA) is 156 Å². The number of hydrogen-bond donors (Lipinski definition) is 3. The molecule has 5 rings (SSSR count). The van der Waals surface area contributed by atoms with Crippen molar-refractivity contribution in [2.45, 2.75) is 25.4 Å². The number of aromatic hydroxyl groups is 1. The highest BCUT2D eigenvalue weighted by Crippen LogP contribution is 2.46. The summed E-state index contributed by atoms with van der Waals surface area (Å²) in [4.78, 5) is 26.2. The van der Waals surface area contributed by atoms with E-state index in [2.05, 4.69) is 10.2 Å². The first-order chi connectivity index (χ1) is 16.6. The molecule has 0 aliphatic carbocycles. The van der Waals surface area contributed by atoms with Gasteiger partial charge < -0.3 is 20.5 Å². The van der Waals surface area contributed by atoms with Gasteiger partial charge in [-0.25, -0.2) is 8.42 Å². The molecule has 182 valence electrons. The lowest BCUT2D eigenvalue weighted by Crippen LogP contribution is -2.40. The number of benzene rings is 2. The average molecular weight is 497 g/mol. The normalized spacial score (nSPS) is 20.7. The number of sulfone groups is 1. The zero-order valence-corrected chi connectivity index (χ0v) is 19.7. The van der Waals surface area contributed by atoms with Crippen LogP contribution in [-0.4, -0.2) is 64.6 Å². The van der Waals surface area contributed by atoms with Crippen molar-refractivity contribution in [1.29, 1.82) is 0 Å². The molecular weight excluding hydrogens is 472 g/mol. The van der Waals surface area contributed by atoms with E-state index in [4.69, 9.17) is 10.5 Å². The van der Waals surface area contributed by atoms with Crippen LogP contribution in [0.2, 0.25) is 0 Å². The van der Waals surface area contributed by atoms with Crippen molar-refractivity contribution < 1.29 is 27.9 Å². The predicted molar refractivity (Wildman–Crippen MR) is 127 cm³/mol. The minimum Gasteiger partial charge on any atom is -0.507 e. The smallest absolute Gasteiger partial charge is 0.273 e. The molecule has 3 heterocycles. The number of carbonyl (C=O) groups excluding carboxylic acids is 2. The number of carbonyl (C=O) groups is 2. The summed E-state index contributed by atoms with van der Waals surface area (Å²) in [6.45, 7) is 1.62. The maximum absolute atomic E-state index is 13.5. The summed E-state index contributed by atoms with van der Waals surface area (Å²) in [7, 11) is -3.25. The highest BCUT2D eigenvalue weighted by atomic mass is 32.2. The number of nitrogens with two attached hydrogens (primary N) is 1. The molecule has 0 radical (unpaired) electrons. The number of H-pyrrole nitrogens is 1. The summed E-state index contributed by atoms with van der Waals surface area (Å²) in [5, 5.41) is 17.7. The lowest BCUT2D eigenvalue weighted by molar-refractivity contribution is -0.119. The number of hydrogen-bond acceptors (Lipinski definition) is 7. The average Bonchev–Trinajstić information content (AvgIpc) is 3.47. The van der Waals surface area contributed by atoms with Crippen LogP contribution in [0.5, 0.6) is 11.5 Å². The fourth-order valence-corrected chi connectivity index (χ4v) is 6.52. The Morgan fingerprint density at radius 3 is 2.66 bits per heavy atom. The Morgan fingerprint density at radius 2 is 2.00 bits per heavy atom. The standard InChI is InChI=1S/C24H24N4O6S/c1-13-2-7-18(29)17(10-13)21-20-22(27-26-21)24(31)28(15-8-9-35(32,33)12-15)23(20)14-3-5-16(6-4-14)34-11-19(25)30/h2-7,10,15,23,29H,8-9,11-12H2,1H3,(H2,25,30)(H,26,27). The van der Waals surface area contributed by atoms with Gasteiger partial charge in [-0.2, -0.15) is 5.10 Å². The predicted octanol–water partition coefficient (Wildman–Crippen LogP) is 1.69. The molecule has 2 atom stereocenters. The van der Waals surface area contributed by atoms with Gasteiger partial charge in [-0.15, -0.1) is 0 Å². The van der Waals surface area contributed by atoms with Gasteiger partial charge in [-0.1, -0.05) is 23.8 Å². The van der Waals surface area contributed by atoms with E-state index in [-0.39, 0.29) is 35.5 Å². The second-order valence-electron chi connectivity index (χ2n) is 8.88. The highest BCUT2D eigenvalue weighted by molar-refractivity contribution is 7.91. The molecule has 0 saturated carbocycles. The fraction of sp³-hybridized carbons (Fsp3) is 0.292. The molecule has 0 spiro atoms. The summed E-state index contributed by atoms with van der Waals surface area (Å²) in [5.74, 6) is -0.588. The third-order valence-electron chi connectivity index (χ3n) is 6.39. The van der Waals surface area contributed by atoms with Gasteiger partial charge in [0.1, 0.15) is 22.9 Å². The number of aromatic nitrogens is 2. The third kappa shape index (κ3) is 4.12. The summed E-state index contributed by atoms with van der Waals surface area (Å²) in [5.41, 5.74) is 8.51. The minimum atomic E-state index is -3.25. The Morgan fingerprint density at radius 1 is 1.26 bits per heavy atom. The lowest BCUT2D eigenvalue weighted by atomic mass is 9.94. The van der Waals surface area contributed by atoms with Gasteiger partial charge in [0, 0.05) is 17.2 Å². The summed E-state index contributed by atoms with van der Waals surface area (Å²) in [6.07, 6.45) is 0.340. The number of rotatable bonds is 6. The van der Waals surface area contributed by atoms with Crippen molar-refractivity contribution in [3.8, 4) is 22.8 Å². The summed E-state index contributed by atoms with van der Waals surface area (Å²) >= 11 is 0. The largest absolute Gasteiger partial charge is 0.507 e. The van der Waals surface area contributed by atoms with Gasteiger partial charge in [0.2, 0.25) is 0 Å². The minimum absolute atomic E-state index is 0.0196. The number of fused-ring (bicyclic) bond motifs is 1. The molecule has 4 N–H and O–H groups in total. The highest BCUT2D eigenvalue weighted by Gasteiger charge is 2.48. The molecule has 1 aromatic heterocycles. The van der Waals surface area contributed by atoms with E-state index in [0.29, 0.717) is 34.6 Å². The Hall–Kier alpha value is -3.86. The van der Waals surface area contributed by atoms with Crippen LogP contribution < -0.4 is 10.5 Å². The number of primary amides is 1. The second-order valence-corrected chi connectivity index (χ2v) is 11.1. The van der Waals surface area contributed by atoms with Crippen LogP contribution in [0.1, 0.15) is 39.6 Å². The van der Waals surface area contributed by atoms with Gasteiger partial charge in [-0.3, -0.25) is 14.7 Å². The number of ether oxygens (including phenoxy) is 1. The van der Waals surface area contributed by atoms with Crippen molar-refractivity contribution in [3.05, 3.63) is 64.8 Å². The van der Waals surface area contributed by atoms with Gasteiger partial charge in [0.05, 0.1) is 17.5 Å². The first kappa shape index (κ1) is 22.9. The fourth-order valence-electron chi connectivity index (χ4n) is 4.81. The molecule has 3 aromatic rings. The molecule has 2 unspecified atom stereocenters. The van der Waals surface area contributed by atoms with E-state index in [1.165, 1.54) is 0 Å². The number of aromatic amines is 1. The van der Waals surface area contributed by atoms with Crippen LogP contribution in [0.3, 0.4) is 0 Å². The van der Waals surface area contributed by atoms with E-state index >= 15 is 0 Å². The Labute approximate surface area is 201 Å². The number of phenols is 1. The summed E-state index contributed by atoms with van der Waals surface area (Å²) < 4.78 is 29.9. The van der Waals surface area contributed by atoms with Gasteiger partial charge in [0.25, 0.3) is 11.8 Å². The number of aryl methyl sites for hydroxylation is 1. The van der Waals surface area contributed by atoms with E-state index in [1.807, 2.05) is 6.92 Å². The number of nitrogens with one attached hydrogen (secondary N) is 1. The zero-order chi connectivity index (χ0) is 24.9. The van der Waals surface area contributed by atoms with Gasteiger partial charge >= 0.3 is 0 Å². The number of phenolic OH excluding ortho intramolecular Hbond substituents is 1. The molecule has 11 heteroatoms. The van der Waals surface area contributed by atoms with Crippen molar-refractivity contribution in [2.24, 2.45) is 5.73 Å². The molecular formula is C24H24N4O6S. The zero-order valence-electron chi connectivity index (χ0n) is 18.9. The van der Waals surface area contributed by atoms with Crippen LogP contribution in [0.15, 0.2) is 42.5 Å². The Bertz CT molecular complexity index is 1430. The Balaban J connectivity index is 1.62. The molecule has 2 amide bonds. The van der Waals surface area contributed by atoms with Crippen molar-refractivity contribution in [2.75, 3.05) is 18.1 Å². The first-order valence-electron chi connectivity index (χ1n) is 11.1. The van der Waals surface area contributed by atoms with Crippen molar-refractivity contribution in [3.63, 3.8) is 0 Å². The van der Waals surface area contributed by atoms with E-state index < -0.39 is 27.8 Å². The number of nitrogens with zero attached hydrogens (tertiary/aromatic N) is 2. The number of amides is 2. The quantitative estimate of drug-likeness (QED) is 0.469. The Kier molecular flexibility index (Phi) is 5.51. The maximum atomic E-state index is 13.5. The van der Waals surface area contributed by atoms with Crippen LogP contribution in [0, 0.1) is 6.92 Å². The molecule has 2 aliphatic rings. The van der Waals surface area contributed by atoms with Crippen LogP contribution in [0.25, 0.3) is 11.3 Å². The molecule has 35 heavy (non-hydrogen) atoms. The van der Waals surface area contributed by atoms with Crippen molar-refractivity contribution >= 4 is 21.7 Å². The monoisotopic (exact) mass is 496 g/mol. The van der Waals surface area contributed by atoms with E-state index in [9.17, 15) is 23.1 Å². The van der Waals surface area contributed by atoms with Gasteiger partial charge in [-0.05, 0) is 43.2 Å². The third-order valence-corrected chi connectivity index (χ3v) is 8.14. The van der Waals surface area contributed by atoms with Crippen LogP contribution in [-0.2, 0) is 14.6 Å². The first-order valence-corrected chi connectivity index (χ1v) is 12.9. The molecule has 0 bridgehead atoms. The maximum Gasteiger partial charge on any atom is 0.273 e. The van der Waals surface area contributed by atoms with E-state index in [0.717, 1.165) is 5.56 Å². The second kappa shape index (κ2) is 8.42. The summed E-state index contributed by atoms with van der Waals surface area (Å²) in [6, 6.07) is 10.8. The van der Waals surface area contributed by atoms with Crippen molar-refractivity contribution in [1.82, 2.24) is 15.1 Å². The lowest BCUT2D eigenvalue weighted by Gasteiger charge is -2.31. The molecule has 1 fully saturated rings.